The Bertz CT molecular complexity index is 732. The van der Waals surface area contributed by atoms with E-state index in [9.17, 15) is 0 Å². The minimum absolute atomic E-state index is 0. The molecule has 2 heterocycles. The molecule has 1 aromatic heterocycles. The van der Waals surface area contributed by atoms with Crippen molar-refractivity contribution in [3.05, 3.63) is 24.3 Å². The average Bonchev–Trinajstić information content (AvgIpc) is 3.17. The summed E-state index contributed by atoms with van der Waals surface area (Å²) in [7, 11) is 1.73. The Morgan fingerprint density at radius 2 is 2.07 bits per heavy atom. The highest BCUT2D eigenvalue weighted by Crippen LogP contribution is 2.25. The number of hydrogen-bond donors (Lipinski definition) is 2. The lowest BCUT2D eigenvalue weighted by atomic mass is 10.1. The van der Waals surface area contributed by atoms with E-state index in [4.69, 9.17) is 14.5 Å². The van der Waals surface area contributed by atoms with Crippen molar-refractivity contribution < 1.29 is 9.47 Å². The molecule has 2 aromatic rings. The van der Waals surface area contributed by atoms with Crippen molar-refractivity contribution in [2.45, 2.75) is 32.3 Å². The molecule has 1 saturated heterocycles. The molecule has 0 bridgehead atoms. The highest BCUT2D eigenvalue weighted by atomic mass is 127. The number of benzene rings is 1. The third-order valence-electron chi connectivity index (χ3n) is 4.87. The number of ether oxygens (including phenoxy) is 2. The maximum atomic E-state index is 5.96. The van der Waals surface area contributed by atoms with E-state index in [0.717, 1.165) is 75.3 Å². The standard InChI is InChI=1S/C21H33N5O2S.HI/c1-3-22-20(26-13-9-17(10-14-26)28-16-6-15-27-2)23-11-12-24-21-25-18-7-4-5-8-19(18)29-21;/h4-5,7-8,17H,3,6,9-16H2,1-2H3,(H,22,23)(H,24,25);1H. The Labute approximate surface area is 200 Å². The summed E-state index contributed by atoms with van der Waals surface area (Å²) in [6, 6.07) is 8.21. The molecule has 0 spiro atoms. The zero-order chi connectivity index (χ0) is 20.3. The maximum Gasteiger partial charge on any atom is 0.193 e. The number of aromatic nitrogens is 1. The smallest absolute Gasteiger partial charge is 0.193 e. The number of likely N-dealkylation sites (tertiary alicyclic amines) is 1. The SMILES string of the molecule is CCNC(=NCCNc1nc2ccccc2s1)N1CCC(OCCCOC)CC1.I. The quantitative estimate of drug-likeness (QED) is 0.204. The number of hydrogen-bond acceptors (Lipinski definition) is 6. The second-order valence-corrected chi connectivity index (χ2v) is 8.08. The van der Waals surface area contributed by atoms with Crippen LogP contribution in [0.25, 0.3) is 10.2 Å². The normalized spacial score (nSPS) is 15.3. The molecule has 1 aromatic carbocycles. The van der Waals surface area contributed by atoms with Gasteiger partial charge in [-0.1, -0.05) is 23.5 Å². The van der Waals surface area contributed by atoms with Gasteiger partial charge in [-0.05, 0) is 38.3 Å². The molecule has 3 rings (SSSR count). The van der Waals surface area contributed by atoms with Crippen LogP contribution in [0.4, 0.5) is 5.13 Å². The Morgan fingerprint density at radius 1 is 1.27 bits per heavy atom. The van der Waals surface area contributed by atoms with Gasteiger partial charge in [0.15, 0.2) is 11.1 Å². The monoisotopic (exact) mass is 547 g/mol. The van der Waals surface area contributed by atoms with Crippen LogP contribution in [0.3, 0.4) is 0 Å². The van der Waals surface area contributed by atoms with Gasteiger partial charge in [-0.2, -0.15) is 0 Å². The molecule has 0 unspecified atom stereocenters. The van der Waals surface area contributed by atoms with Gasteiger partial charge in [-0.25, -0.2) is 4.98 Å². The summed E-state index contributed by atoms with van der Waals surface area (Å²) < 4.78 is 12.2. The second-order valence-electron chi connectivity index (χ2n) is 7.05. The summed E-state index contributed by atoms with van der Waals surface area (Å²) in [6.45, 7) is 7.97. The van der Waals surface area contributed by atoms with E-state index >= 15 is 0 Å². The molecule has 1 aliphatic rings. The first-order valence-electron chi connectivity index (χ1n) is 10.5. The molecule has 168 valence electrons. The zero-order valence-electron chi connectivity index (χ0n) is 17.9. The summed E-state index contributed by atoms with van der Waals surface area (Å²) in [5.41, 5.74) is 1.05. The van der Waals surface area contributed by atoms with Gasteiger partial charge in [-0.3, -0.25) is 4.99 Å². The Hall–Kier alpha value is -1.17. The van der Waals surface area contributed by atoms with Gasteiger partial charge in [-0.15, -0.1) is 24.0 Å². The Balaban J connectivity index is 0.00000320. The van der Waals surface area contributed by atoms with E-state index in [1.807, 2.05) is 18.2 Å². The van der Waals surface area contributed by atoms with E-state index < -0.39 is 0 Å². The average molecular weight is 548 g/mol. The molecule has 7 nitrogen and oxygen atoms in total. The molecule has 9 heteroatoms. The number of halogens is 1. The minimum Gasteiger partial charge on any atom is -0.385 e. The van der Waals surface area contributed by atoms with E-state index in [1.54, 1.807) is 18.4 Å². The van der Waals surface area contributed by atoms with E-state index in [1.165, 1.54) is 4.70 Å². The summed E-state index contributed by atoms with van der Waals surface area (Å²) >= 11 is 1.69. The van der Waals surface area contributed by atoms with E-state index in [0.29, 0.717) is 12.6 Å². The fourth-order valence-electron chi connectivity index (χ4n) is 3.39. The molecule has 1 fully saturated rings. The molecule has 0 radical (unpaired) electrons. The van der Waals surface area contributed by atoms with Crippen LogP contribution in [0.1, 0.15) is 26.2 Å². The third kappa shape index (κ3) is 7.82. The number of anilines is 1. The number of guanidine groups is 1. The predicted octanol–water partition coefficient (Wildman–Crippen LogP) is 3.81. The fraction of sp³-hybridized carbons (Fsp3) is 0.619. The molecular formula is C21H34IN5O2S. The number of thiazole rings is 1. The maximum absolute atomic E-state index is 5.96. The number of nitrogens with zero attached hydrogens (tertiary/aromatic N) is 3. The Morgan fingerprint density at radius 3 is 2.80 bits per heavy atom. The molecule has 0 atom stereocenters. The first-order chi connectivity index (χ1) is 14.3. The van der Waals surface area contributed by atoms with Crippen molar-refractivity contribution in [3.63, 3.8) is 0 Å². The highest BCUT2D eigenvalue weighted by Gasteiger charge is 2.21. The van der Waals surface area contributed by atoms with Crippen LogP contribution in [0, 0.1) is 0 Å². The van der Waals surface area contributed by atoms with Gasteiger partial charge in [0, 0.05) is 46.5 Å². The highest BCUT2D eigenvalue weighted by molar-refractivity contribution is 14.0. The van der Waals surface area contributed by atoms with Gasteiger partial charge in [0.25, 0.3) is 0 Å². The van der Waals surface area contributed by atoms with Crippen LogP contribution in [-0.4, -0.2) is 75.0 Å². The lowest BCUT2D eigenvalue weighted by Gasteiger charge is -2.34. The number of nitrogens with one attached hydrogen (secondary N) is 2. The zero-order valence-corrected chi connectivity index (χ0v) is 21.1. The number of rotatable bonds is 10. The Kier molecular flexibility index (Phi) is 11.7. The van der Waals surface area contributed by atoms with Crippen LogP contribution >= 0.6 is 35.3 Å². The van der Waals surface area contributed by atoms with Crippen LogP contribution < -0.4 is 10.6 Å². The van der Waals surface area contributed by atoms with E-state index in [-0.39, 0.29) is 24.0 Å². The molecule has 1 aliphatic heterocycles. The largest absolute Gasteiger partial charge is 0.385 e. The minimum atomic E-state index is 0. The predicted molar refractivity (Wildman–Crippen MR) is 137 cm³/mol. The lowest BCUT2D eigenvalue weighted by Crippen LogP contribution is -2.47. The molecule has 0 saturated carbocycles. The fourth-order valence-corrected chi connectivity index (χ4v) is 4.28. The number of methoxy groups -OCH3 is 1. The van der Waals surface area contributed by atoms with Crippen LogP contribution in [0.5, 0.6) is 0 Å². The summed E-state index contributed by atoms with van der Waals surface area (Å²) in [5, 5.41) is 7.78. The van der Waals surface area contributed by atoms with Crippen molar-refractivity contribution in [1.29, 1.82) is 0 Å². The van der Waals surface area contributed by atoms with Crippen molar-refractivity contribution >= 4 is 56.6 Å². The van der Waals surface area contributed by atoms with Gasteiger partial charge in [0.1, 0.15) is 0 Å². The summed E-state index contributed by atoms with van der Waals surface area (Å²) in [5.74, 6) is 0.997. The molecule has 0 aliphatic carbocycles. The summed E-state index contributed by atoms with van der Waals surface area (Å²) in [4.78, 5) is 11.8. The van der Waals surface area contributed by atoms with Crippen LogP contribution in [0.15, 0.2) is 29.3 Å². The van der Waals surface area contributed by atoms with Gasteiger partial charge in [0.2, 0.25) is 0 Å². The van der Waals surface area contributed by atoms with Gasteiger partial charge >= 0.3 is 0 Å². The van der Waals surface area contributed by atoms with Crippen molar-refractivity contribution in [3.8, 4) is 0 Å². The van der Waals surface area contributed by atoms with E-state index in [2.05, 4.69) is 33.5 Å². The third-order valence-corrected chi connectivity index (χ3v) is 5.86. The van der Waals surface area contributed by atoms with Crippen molar-refractivity contribution in [1.82, 2.24) is 15.2 Å². The molecule has 2 N–H and O–H groups in total. The van der Waals surface area contributed by atoms with Gasteiger partial charge < -0.3 is 25.0 Å². The number of fused-ring (bicyclic) bond motifs is 1. The number of para-hydroxylation sites is 1. The summed E-state index contributed by atoms with van der Waals surface area (Å²) in [6.07, 6.45) is 3.40. The van der Waals surface area contributed by atoms with Crippen LogP contribution in [0.2, 0.25) is 0 Å². The molecular weight excluding hydrogens is 513 g/mol. The number of aliphatic imine (C=N–C) groups is 1. The van der Waals surface area contributed by atoms with Crippen molar-refractivity contribution in [2.24, 2.45) is 4.99 Å². The first kappa shape index (κ1) is 25.1. The molecule has 0 amide bonds. The van der Waals surface area contributed by atoms with Gasteiger partial charge in [0.05, 0.1) is 22.9 Å². The molecule has 30 heavy (non-hydrogen) atoms. The van der Waals surface area contributed by atoms with Crippen LogP contribution in [-0.2, 0) is 9.47 Å². The number of piperidine rings is 1. The second kappa shape index (κ2) is 14.0. The topological polar surface area (TPSA) is 71.0 Å². The first-order valence-corrected chi connectivity index (χ1v) is 11.3. The lowest BCUT2D eigenvalue weighted by molar-refractivity contribution is 0.00991. The van der Waals surface area contributed by atoms with Crippen molar-refractivity contribution in [2.75, 3.05) is 58.4 Å².